The number of imidazole rings is 1. The van der Waals surface area contributed by atoms with E-state index in [-0.39, 0.29) is 11.8 Å². The molecular weight excluding hydrogens is 340 g/mol. The van der Waals surface area contributed by atoms with Gasteiger partial charge in [0.05, 0.1) is 11.3 Å². The van der Waals surface area contributed by atoms with Crippen molar-refractivity contribution < 1.29 is 4.79 Å². The maximum absolute atomic E-state index is 12.6. The Labute approximate surface area is 158 Å². The van der Waals surface area contributed by atoms with Gasteiger partial charge in [-0.25, -0.2) is 9.97 Å². The third-order valence-electron chi connectivity index (χ3n) is 5.05. The SMILES string of the molecule is CCc1nccn1-c1nccnc1C1CCN(C(=O)c2cccnc2)CC1. The molecule has 0 atom stereocenters. The van der Waals surface area contributed by atoms with Gasteiger partial charge in [-0.1, -0.05) is 6.92 Å². The van der Waals surface area contributed by atoms with Crippen LogP contribution < -0.4 is 0 Å². The maximum Gasteiger partial charge on any atom is 0.255 e. The zero-order chi connectivity index (χ0) is 18.6. The Morgan fingerprint density at radius 1 is 1.11 bits per heavy atom. The van der Waals surface area contributed by atoms with E-state index < -0.39 is 0 Å². The summed E-state index contributed by atoms with van der Waals surface area (Å²) >= 11 is 0. The number of carbonyl (C=O) groups is 1. The van der Waals surface area contributed by atoms with Gasteiger partial charge in [0.1, 0.15) is 5.82 Å². The number of likely N-dealkylation sites (tertiary alicyclic amines) is 1. The molecule has 0 radical (unpaired) electrons. The number of amides is 1. The van der Waals surface area contributed by atoms with Gasteiger partial charge in [0.25, 0.3) is 5.91 Å². The number of piperidine rings is 1. The first-order valence-corrected chi connectivity index (χ1v) is 9.30. The van der Waals surface area contributed by atoms with E-state index in [0.29, 0.717) is 18.7 Å². The molecule has 1 amide bonds. The van der Waals surface area contributed by atoms with Crippen LogP contribution in [0, 0.1) is 0 Å². The fourth-order valence-electron chi connectivity index (χ4n) is 3.63. The number of pyridine rings is 1. The number of hydrogen-bond donors (Lipinski definition) is 0. The number of carbonyl (C=O) groups excluding carboxylic acids is 1. The van der Waals surface area contributed by atoms with E-state index in [1.165, 1.54) is 0 Å². The molecule has 3 aromatic heterocycles. The second kappa shape index (κ2) is 7.65. The summed E-state index contributed by atoms with van der Waals surface area (Å²) in [5, 5.41) is 0. The van der Waals surface area contributed by atoms with Crippen LogP contribution in [-0.4, -0.2) is 48.4 Å². The molecule has 1 aliphatic rings. The summed E-state index contributed by atoms with van der Waals surface area (Å²) in [4.78, 5) is 32.2. The second-order valence-electron chi connectivity index (χ2n) is 6.64. The first-order valence-electron chi connectivity index (χ1n) is 9.30. The van der Waals surface area contributed by atoms with Gasteiger partial charge in [0.2, 0.25) is 0 Å². The molecule has 4 heterocycles. The number of aromatic nitrogens is 5. The molecule has 0 saturated carbocycles. The summed E-state index contributed by atoms with van der Waals surface area (Å²) < 4.78 is 2.02. The topological polar surface area (TPSA) is 76.8 Å². The highest BCUT2D eigenvalue weighted by Gasteiger charge is 2.28. The average Bonchev–Trinajstić information content (AvgIpc) is 3.23. The molecule has 0 unspecified atom stereocenters. The fourth-order valence-corrected chi connectivity index (χ4v) is 3.63. The third kappa shape index (κ3) is 3.45. The van der Waals surface area contributed by atoms with Gasteiger partial charge in [0, 0.05) is 62.6 Å². The van der Waals surface area contributed by atoms with Gasteiger partial charge in [0.15, 0.2) is 5.82 Å². The minimum absolute atomic E-state index is 0.0452. The van der Waals surface area contributed by atoms with Crippen LogP contribution in [0.15, 0.2) is 49.3 Å². The molecule has 7 nitrogen and oxygen atoms in total. The Morgan fingerprint density at radius 3 is 2.67 bits per heavy atom. The van der Waals surface area contributed by atoms with Crippen molar-refractivity contribution in [2.24, 2.45) is 0 Å². The van der Waals surface area contributed by atoms with Gasteiger partial charge in [-0.3, -0.25) is 19.3 Å². The van der Waals surface area contributed by atoms with Gasteiger partial charge in [-0.2, -0.15) is 0 Å². The first kappa shape index (κ1) is 17.3. The molecule has 4 rings (SSSR count). The Balaban J connectivity index is 1.52. The van der Waals surface area contributed by atoms with Crippen LogP contribution in [0.3, 0.4) is 0 Å². The summed E-state index contributed by atoms with van der Waals surface area (Å²) in [5.74, 6) is 2.15. The van der Waals surface area contributed by atoms with Crippen molar-refractivity contribution in [3.63, 3.8) is 0 Å². The van der Waals surface area contributed by atoms with E-state index in [1.807, 2.05) is 21.7 Å². The zero-order valence-corrected chi connectivity index (χ0v) is 15.3. The molecular formula is C20H22N6O. The van der Waals surface area contributed by atoms with Crippen LogP contribution in [-0.2, 0) is 6.42 Å². The minimum Gasteiger partial charge on any atom is -0.339 e. The quantitative estimate of drug-likeness (QED) is 0.713. The normalized spacial score (nSPS) is 15.1. The van der Waals surface area contributed by atoms with Crippen LogP contribution in [0.1, 0.15) is 47.6 Å². The molecule has 7 heteroatoms. The van der Waals surface area contributed by atoms with Crippen LogP contribution in [0.25, 0.3) is 5.82 Å². The lowest BCUT2D eigenvalue weighted by Gasteiger charge is -2.32. The van der Waals surface area contributed by atoms with E-state index in [9.17, 15) is 4.79 Å². The molecule has 0 aromatic carbocycles. The van der Waals surface area contributed by atoms with E-state index in [4.69, 9.17) is 0 Å². The predicted octanol–water partition coefficient (Wildman–Crippen LogP) is 2.64. The molecule has 0 N–H and O–H groups in total. The summed E-state index contributed by atoms with van der Waals surface area (Å²) in [7, 11) is 0. The van der Waals surface area contributed by atoms with Crippen LogP contribution in [0.5, 0.6) is 0 Å². The van der Waals surface area contributed by atoms with Crippen molar-refractivity contribution in [1.82, 2.24) is 29.4 Å². The lowest BCUT2D eigenvalue weighted by Crippen LogP contribution is -2.38. The number of aryl methyl sites for hydroxylation is 1. The highest BCUT2D eigenvalue weighted by atomic mass is 16.2. The van der Waals surface area contributed by atoms with Crippen molar-refractivity contribution >= 4 is 5.91 Å². The molecule has 1 fully saturated rings. The molecule has 0 bridgehead atoms. The Bertz CT molecular complexity index is 915. The lowest BCUT2D eigenvalue weighted by atomic mass is 9.92. The smallest absolute Gasteiger partial charge is 0.255 e. The van der Waals surface area contributed by atoms with Crippen LogP contribution in [0.4, 0.5) is 0 Å². The largest absolute Gasteiger partial charge is 0.339 e. The molecule has 0 aliphatic carbocycles. The van der Waals surface area contributed by atoms with Crippen molar-refractivity contribution in [2.75, 3.05) is 13.1 Å². The van der Waals surface area contributed by atoms with E-state index in [2.05, 4.69) is 26.9 Å². The number of rotatable bonds is 4. The van der Waals surface area contributed by atoms with Crippen molar-refractivity contribution in [2.45, 2.75) is 32.1 Å². The molecule has 138 valence electrons. The monoisotopic (exact) mass is 362 g/mol. The maximum atomic E-state index is 12.6. The van der Waals surface area contributed by atoms with Gasteiger partial charge < -0.3 is 4.90 Å². The fraction of sp³-hybridized carbons (Fsp3) is 0.350. The molecule has 3 aromatic rings. The predicted molar refractivity (Wildman–Crippen MR) is 101 cm³/mol. The number of hydrogen-bond acceptors (Lipinski definition) is 5. The molecule has 1 aliphatic heterocycles. The van der Waals surface area contributed by atoms with Crippen LogP contribution in [0.2, 0.25) is 0 Å². The summed E-state index contributed by atoms with van der Waals surface area (Å²) in [6.07, 6.45) is 13.1. The average molecular weight is 362 g/mol. The Hall–Kier alpha value is -3.09. The molecule has 0 spiro atoms. The standard InChI is InChI=1S/C20H22N6O/c1-2-17-22-10-13-26(17)19-18(23-8-9-24-19)15-5-11-25(12-6-15)20(27)16-4-3-7-21-14-16/h3-4,7-10,13-15H,2,5-6,11-12H2,1H3. The van der Waals surface area contributed by atoms with E-state index in [1.54, 1.807) is 37.1 Å². The van der Waals surface area contributed by atoms with Crippen molar-refractivity contribution in [3.05, 3.63) is 66.4 Å². The Kier molecular flexibility index (Phi) is 4.91. The van der Waals surface area contributed by atoms with Gasteiger partial charge in [-0.15, -0.1) is 0 Å². The molecule has 1 saturated heterocycles. The Morgan fingerprint density at radius 2 is 1.93 bits per heavy atom. The third-order valence-corrected chi connectivity index (χ3v) is 5.05. The van der Waals surface area contributed by atoms with Crippen molar-refractivity contribution in [1.29, 1.82) is 0 Å². The highest BCUT2D eigenvalue weighted by molar-refractivity contribution is 5.93. The van der Waals surface area contributed by atoms with Gasteiger partial charge >= 0.3 is 0 Å². The van der Waals surface area contributed by atoms with Crippen LogP contribution >= 0.6 is 0 Å². The summed E-state index contributed by atoms with van der Waals surface area (Å²) in [6.45, 7) is 3.50. The van der Waals surface area contributed by atoms with E-state index in [0.717, 1.165) is 36.6 Å². The lowest BCUT2D eigenvalue weighted by molar-refractivity contribution is 0.0711. The molecule has 27 heavy (non-hydrogen) atoms. The van der Waals surface area contributed by atoms with Crippen molar-refractivity contribution in [3.8, 4) is 5.82 Å². The summed E-state index contributed by atoms with van der Waals surface area (Å²) in [5.41, 5.74) is 1.63. The van der Waals surface area contributed by atoms with Gasteiger partial charge in [-0.05, 0) is 25.0 Å². The summed E-state index contributed by atoms with van der Waals surface area (Å²) in [6, 6.07) is 3.61. The highest BCUT2D eigenvalue weighted by Crippen LogP contribution is 2.30. The van der Waals surface area contributed by atoms with E-state index >= 15 is 0 Å². The number of nitrogens with zero attached hydrogens (tertiary/aromatic N) is 6. The minimum atomic E-state index is 0.0452. The first-order chi connectivity index (χ1) is 13.3. The second-order valence-corrected chi connectivity index (χ2v) is 6.64. The zero-order valence-electron chi connectivity index (χ0n) is 15.3.